The molecule has 0 unspecified atom stereocenters. The van der Waals surface area contributed by atoms with Crippen molar-refractivity contribution < 1.29 is 14.2 Å². The van der Waals surface area contributed by atoms with Crippen LogP contribution in [0.5, 0.6) is 11.5 Å². The number of benzene rings is 1. The predicted octanol–water partition coefficient (Wildman–Crippen LogP) is 4.31. The van der Waals surface area contributed by atoms with Crippen molar-refractivity contribution in [2.24, 2.45) is 0 Å². The monoisotopic (exact) mass is 349 g/mol. The maximum Gasteiger partial charge on any atom is 0.161 e. The van der Waals surface area contributed by atoms with Crippen LogP contribution in [0, 0.1) is 0 Å². The molecule has 0 N–H and O–H groups in total. The van der Waals surface area contributed by atoms with Crippen LogP contribution >= 0.6 is 0 Å². The zero-order chi connectivity index (χ0) is 17.7. The third kappa shape index (κ3) is 7.66. The van der Waals surface area contributed by atoms with Gasteiger partial charge in [0.25, 0.3) is 0 Å². The van der Waals surface area contributed by atoms with E-state index in [-0.39, 0.29) is 0 Å². The highest BCUT2D eigenvalue weighted by Gasteiger charge is 2.10. The lowest BCUT2D eigenvalue weighted by Crippen LogP contribution is -2.36. The van der Waals surface area contributed by atoms with Crippen molar-refractivity contribution in [1.82, 2.24) is 4.90 Å². The van der Waals surface area contributed by atoms with Crippen molar-refractivity contribution in [1.29, 1.82) is 0 Å². The van der Waals surface area contributed by atoms with E-state index < -0.39 is 0 Å². The van der Waals surface area contributed by atoms with E-state index in [1.54, 1.807) is 7.11 Å². The number of hydrogen-bond donors (Lipinski definition) is 0. The van der Waals surface area contributed by atoms with Gasteiger partial charge in [0, 0.05) is 13.1 Å². The van der Waals surface area contributed by atoms with E-state index in [2.05, 4.69) is 30.0 Å². The Morgan fingerprint density at radius 2 is 1.80 bits per heavy atom. The Kier molecular flexibility index (Phi) is 9.75. The number of rotatable bonds is 12. The molecule has 25 heavy (non-hydrogen) atoms. The zero-order valence-corrected chi connectivity index (χ0v) is 16.1. The Bertz CT molecular complexity index is 472. The van der Waals surface area contributed by atoms with Crippen molar-refractivity contribution in [3.8, 4) is 11.5 Å². The minimum atomic E-state index is 0.774. The van der Waals surface area contributed by atoms with Crippen molar-refractivity contribution >= 4 is 0 Å². The van der Waals surface area contributed by atoms with Crippen LogP contribution in [0.15, 0.2) is 18.2 Å². The molecule has 2 rings (SSSR count). The summed E-state index contributed by atoms with van der Waals surface area (Å²) in [6, 6.07) is 6.37. The summed E-state index contributed by atoms with van der Waals surface area (Å²) in [5.41, 5.74) is 1.32. The number of nitrogens with zero attached hydrogens (tertiary/aromatic N) is 1. The normalized spacial score (nSPS) is 15.3. The summed E-state index contributed by atoms with van der Waals surface area (Å²) in [5, 5.41) is 0. The fourth-order valence-electron chi connectivity index (χ4n) is 3.21. The summed E-state index contributed by atoms with van der Waals surface area (Å²) in [6.45, 7) is 8.03. The van der Waals surface area contributed by atoms with Gasteiger partial charge in [0.05, 0.1) is 26.9 Å². The third-order valence-corrected chi connectivity index (χ3v) is 4.78. The lowest BCUT2D eigenvalue weighted by atomic mass is 10.1. The van der Waals surface area contributed by atoms with Crippen molar-refractivity contribution in [2.45, 2.75) is 51.9 Å². The maximum atomic E-state index is 5.92. The molecule has 0 atom stereocenters. The minimum absolute atomic E-state index is 0.774. The molecule has 0 radical (unpaired) electrons. The molecule has 0 saturated carbocycles. The van der Waals surface area contributed by atoms with Gasteiger partial charge >= 0.3 is 0 Å². The molecular weight excluding hydrogens is 314 g/mol. The number of morpholine rings is 1. The standard InChI is InChI=1S/C21H35NO3/c1-3-4-5-6-7-15-25-20-11-10-19(18-21(20)23-2)9-8-12-22-13-16-24-17-14-22/h10-11,18H,3-9,12-17H2,1-2H3. The molecule has 4 nitrogen and oxygen atoms in total. The Hall–Kier alpha value is -1.26. The molecule has 4 heteroatoms. The molecule has 0 amide bonds. The van der Waals surface area contributed by atoms with E-state index >= 15 is 0 Å². The van der Waals surface area contributed by atoms with Gasteiger partial charge in [-0.15, -0.1) is 0 Å². The Balaban J connectivity index is 1.71. The highest BCUT2D eigenvalue weighted by molar-refractivity contribution is 5.43. The lowest BCUT2D eigenvalue weighted by Gasteiger charge is -2.26. The second-order valence-electron chi connectivity index (χ2n) is 6.81. The SMILES string of the molecule is CCCCCCCOc1ccc(CCCN2CCOCC2)cc1OC. The van der Waals surface area contributed by atoms with E-state index in [0.29, 0.717) is 0 Å². The molecule has 0 bridgehead atoms. The van der Waals surface area contributed by atoms with Crippen LogP contribution in [0.4, 0.5) is 0 Å². The van der Waals surface area contributed by atoms with Crippen LogP contribution in [0.3, 0.4) is 0 Å². The van der Waals surface area contributed by atoms with Gasteiger partial charge in [0.2, 0.25) is 0 Å². The van der Waals surface area contributed by atoms with Gasteiger partial charge in [-0.1, -0.05) is 38.7 Å². The first-order valence-corrected chi connectivity index (χ1v) is 9.93. The quantitative estimate of drug-likeness (QED) is 0.526. The van der Waals surface area contributed by atoms with E-state index in [1.165, 1.54) is 37.7 Å². The average Bonchev–Trinajstić information content (AvgIpc) is 2.66. The number of unbranched alkanes of at least 4 members (excludes halogenated alkanes) is 4. The van der Waals surface area contributed by atoms with Gasteiger partial charge in [-0.25, -0.2) is 0 Å². The Morgan fingerprint density at radius 3 is 2.56 bits per heavy atom. The smallest absolute Gasteiger partial charge is 0.161 e. The van der Waals surface area contributed by atoms with Crippen molar-refractivity contribution in [2.75, 3.05) is 46.6 Å². The van der Waals surface area contributed by atoms with Gasteiger partial charge in [0.1, 0.15) is 0 Å². The molecule has 0 aromatic heterocycles. The van der Waals surface area contributed by atoms with Gasteiger partial charge in [-0.3, -0.25) is 4.90 Å². The van der Waals surface area contributed by atoms with Crippen LogP contribution in [0.2, 0.25) is 0 Å². The third-order valence-electron chi connectivity index (χ3n) is 4.78. The topological polar surface area (TPSA) is 30.9 Å². The molecule has 1 saturated heterocycles. The van der Waals surface area contributed by atoms with Gasteiger partial charge in [0.15, 0.2) is 11.5 Å². The number of aryl methyl sites for hydroxylation is 1. The van der Waals surface area contributed by atoms with Crippen molar-refractivity contribution in [3.63, 3.8) is 0 Å². The van der Waals surface area contributed by atoms with E-state index in [0.717, 1.165) is 63.8 Å². The largest absolute Gasteiger partial charge is 0.493 e. The summed E-state index contributed by atoms with van der Waals surface area (Å²) in [6.07, 6.45) is 8.51. The maximum absolute atomic E-state index is 5.92. The van der Waals surface area contributed by atoms with Crippen LogP contribution in [0.25, 0.3) is 0 Å². The molecule has 0 spiro atoms. The van der Waals surface area contributed by atoms with Crippen LogP contribution in [-0.2, 0) is 11.2 Å². The minimum Gasteiger partial charge on any atom is -0.493 e. The second kappa shape index (κ2) is 12.2. The highest BCUT2D eigenvalue weighted by Crippen LogP contribution is 2.28. The van der Waals surface area contributed by atoms with E-state index in [9.17, 15) is 0 Å². The first kappa shape index (κ1) is 20.1. The second-order valence-corrected chi connectivity index (χ2v) is 6.81. The molecule has 1 aromatic rings. The molecule has 1 heterocycles. The fourth-order valence-corrected chi connectivity index (χ4v) is 3.21. The summed E-state index contributed by atoms with van der Waals surface area (Å²) in [5.74, 6) is 1.73. The summed E-state index contributed by atoms with van der Waals surface area (Å²) in [7, 11) is 1.72. The van der Waals surface area contributed by atoms with Gasteiger partial charge in [-0.2, -0.15) is 0 Å². The van der Waals surface area contributed by atoms with Gasteiger partial charge < -0.3 is 14.2 Å². The first-order chi connectivity index (χ1) is 12.3. The van der Waals surface area contributed by atoms with Crippen LogP contribution < -0.4 is 9.47 Å². The molecular formula is C21H35NO3. The lowest BCUT2D eigenvalue weighted by molar-refractivity contribution is 0.0374. The predicted molar refractivity (Wildman–Crippen MR) is 103 cm³/mol. The first-order valence-electron chi connectivity index (χ1n) is 9.93. The van der Waals surface area contributed by atoms with E-state index in [4.69, 9.17) is 14.2 Å². The highest BCUT2D eigenvalue weighted by atomic mass is 16.5. The Morgan fingerprint density at radius 1 is 1.00 bits per heavy atom. The van der Waals surface area contributed by atoms with Crippen LogP contribution in [-0.4, -0.2) is 51.5 Å². The number of ether oxygens (including phenoxy) is 3. The average molecular weight is 350 g/mol. The van der Waals surface area contributed by atoms with E-state index in [1.807, 2.05) is 0 Å². The van der Waals surface area contributed by atoms with Crippen LogP contribution in [0.1, 0.15) is 51.0 Å². The molecule has 0 aliphatic carbocycles. The molecule has 142 valence electrons. The molecule has 1 aliphatic rings. The van der Waals surface area contributed by atoms with Gasteiger partial charge in [-0.05, 0) is 43.5 Å². The number of methoxy groups -OCH3 is 1. The molecule has 1 fully saturated rings. The fraction of sp³-hybridized carbons (Fsp3) is 0.714. The van der Waals surface area contributed by atoms with Crippen molar-refractivity contribution in [3.05, 3.63) is 23.8 Å². The molecule has 1 aliphatic heterocycles. The zero-order valence-electron chi connectivity index (χ0n) is 16.1. The summed E-state index contributed by atoms with van der Waals surface area (Å²) >= 11 is 0. The summed E-state index contributed by atoms with van der Waals surface area (Å²) in [4.78, 5) is 2.48. The molecule has 1 aromatic carbocycles. The Labute approximate surface area is 153 Å². The summed E-state index contributed by atoms with van der Waals surface area (Å²) < 4.78 is 16.8. The number of hydrogen-bond acceptors (Lipinski definition) is 4.